The summed E-state index contributed by atoms with van der Waals surface area (Å²) in [5, 5.41) is 8.72. The second kappa shape index (κ2) is 7.97. The SMILES string of the molecule is CN=C(NCc1ccc(SC)cc1)NCc1cccs1. The number of benzene rings is 1. The van der Waals surface area contributed by atoms with Gasteiger partial charge in [0.15, 0.2) is 5.96 Å². The second-order valence-corrected chi connectivity index (χ2v) is 6.12. The molecule has 20 heavy (non-hydrogen) atoms. The third kappa shape index (κ3) is 4.58. The Bertz CT molecular complexity index is 533. The fourth-order valence-electron chi connectivity index (χ4n) is 1.73. The van der Waals surface area contributed by atoms with Crippen LogP contribution in [0.3, 0.4) is 0 Å². The molecule has 0 amide bonds. The minimum Gasteiger partial charge on any atom is -0.352 e. The Morgan fingerprint density at radius 2 is 1.90 bits per heavy atom. The Morgan fingerprint density at radius 3 is 2.50 bits per heavy atom. The third-order valence-electron chi connectivity index (χ3n) is 2.85. The summed E-state index contributed by atoms with van der Waals surface area (Å²) >= 11 is 3.50. The van der Waals surface area contributed by atoms with Gasteiger partial charge in [0.1, 0.15) is 0 Å². The van der Waals surface area contributed by atoms with Crippen molar-refractivity contribution >= 4 is 29.1 Å². The van der Waals surface area contributed by atoms with E-state index in [-0.39, 0.29) is 0 Å². The highest BCUT2D eigenvalue weighted by Crippen LogP contribution is 2.14. The van der Waals surface area contributed by atoms with Crippen LogP contribution in [0.15, 0.2) is 51.7 Å². The number of rotatable bonds is 5. The summed E-state index contributed by atoms with van der Waals surface area (Å²) in [4.78, 5) is 6.82. The van der Waals surface area contributed by atoms with Gasteiger partial charge in [0.25, 0.3) is 0 Å². The van der Waals surface area contributed by atoms with E-state index < -0.39 is 0 Å². The Balaban J connectivity index is 1.81. The standard InChI is InChI=1S/C15H19N3S2/c1-16-15(18-11-14-4-3-9-20-14)17-10-12-5-7-13(19-2)8-6-12/h3-9H,10-11H2,1-2H3,(H2,16,17,18). The van der Waals surface area contributed by atoms with Gasteiger partial charge in [0.05, 0.1) is 6.54 Å². The van der Waals surface area contributed by atoms with Gasteiger partial charge in [-0.25, -0.2) is 0 Å². The van der Waals surface area contributed by atoms with Crippen molar-refractivity contribution in [2.75, 3.05) is 13.3 Å². The van der Waals surface area contributed by atoms with E-state index in [4.69, 9.17) is 0 Å². The maximum Gasteiger partial charge on any atom is 0.191 e. The Morgan fingerprint density at radius 1 is 1.15 bits per heavy atom. The average molecular weight is 305 g/mol. The highest BCUT2D eigenvalue weighted by Gasteiger charge is 1.99. The number of nitrogens with zero attached hydrogens (tertiary/aromatic N) is 1. The lowest BCUT2D eigenvalue weighted by atomic mass is 10.2. The predicted molar refractivity (Wildman–Crippen MR) is 89.6 cm³/mol. The largest absolute Gasteiger partial charge is 0.352 e. The molecule has 0 saturated heterocycles. The van der Waals surface area contributed by atoms with Gasteiger partial charge in [-0.2, -0.15) is 0 Å². The van der Waals surface area contributed by atoms with Crippen LogP contribution in [-0.2, 0) is 13.1 Å². The molecule has 0 aliphatic heterocycles. The maximum absolute atomic E-state index is 4.23. The summed E-state index contributed by atoms with van der Waals surface area (Å²) in [6.07, 6.45) is 2.09. The molecule has 1 aromatic heterocycles. The van der Waals surface area contributed by atoms with E-state index >= 15 is 0 Å². The molecule has 0 aliphatic rings. The summed E-state index contributed by atoms with van der Waals surface area (Å²) in [5.74, 6) is 0.826. The predicted octanol–water partition coefficient (Wildman–Crippen LogP) is 3.34. The molecular formula is C15H19N3S2. The van der Waals surface area contributed by atoms with Crippen molar-refractivity contribution in [3.63, 3.8) is 0 Å². The number of thioether (sulfide) groups is 1. The van der Waals surface area contributed by atoms with Crippen molar-refractivity contribution in [2.24, 2.45) is 4.99 Å². The number of guanidine groups is 1. The lowest BCUT2D eigenvalue weighted by Gasteiger charge is -2.11. The molecule has 0 bridgehead atoms. The van der Waals surface area contributed by atoms with Gasteiger partial charge in [0, 0.05) is 23.4 Å². The monoisotopic (exact) mass is 305 g/mol. The van der Waals surface area contributed by atoms with Crippen LogP contribution in [-0.4, -0.2) is 19.3 Å². The summed E-state index contributed by atoms with van der Waals surface area (Å²) < 4.78 is 0. The molecule has 0 aliphatic carbocycles. The van der Waals surface area contributed by atoms with Crippen molar-refractivity contribution in [3.05, 3.63) is 52.2 Å². The molecule has 3 nitrogen and oxygen atoms in total. The second-order valence-electron chi connectivity index (χ2n) is 4.21. The van der Waals surface area contributed by atoms with Crippen molar-refractivity contribution in [3.8, 4) is 0 Å². The first kappa shape index (κ1) is 14.9. The summed E-state index contributed by atoms with van der Waals surface area (Å²) in [7, 11) is 1.79. The van der Waals surface area contributed by atoms with Gasteiger partial charge in [0.2, 0.25) is 0 Å². The third-order valence-corrected chi connectivity index (χ3v) is 4.47. The minimum absolute atomic E-state index is 0.777. The summed E-state index contributed by atoms with van der Waals surface area (Å²) in [5.41, 5.74) is 1.25. The molecule has 2 N–H and O–H groups in total. The molecule has 1 aromatic carbocycles. The average Bonchev–Trinajstić information content (AvgIpc) is 3.01. The zero-order chi connectivity index (χ0) is 14.2. The van der Waals surface area contributed by atoms with Crippen molar-refractivity contribution in [2.45, 2.75) is 18.0 Å². The van der Waals surface area contributed by atoms with Crippen LogP contribution in [0.1, 0.15) is 10.4 Å². The van der Waals surface area contributed by atoms with E-state index in [0.29, 0.717) is 0 Å². The molecule has 2 aromatic rings. The zero-order valence-electron chi connectivity index (χ0n) is 11.7. The van der Waals surface area contributed by atoms with Crippen molar-refractivity contribution < 1.29 is 0 Å². The minimum atomic E-state index is 0.777. The summed E-state index contributed by atoms with van der Waals surface area (Å²) in [6.45, 7) is 1.58. The summed E-state index contributed by atoms with van der Waals surface area (Å²) in [6, 6.07) is 12.8. The van der Waals surface area contributed by atoms with Gasteiger partial charge in [-0.15, -0.1) is 23.1 Å². The molecule has 0 spiro atoms. The highest BCUT2D eigenvalue weighted by atomic mass is 32.2. The number of thiophene rings is 1. The van der Waals surface area contributed by atoms with E-state index in [9.17, 15) is 0 Å². The lowest BCUT2D eigenvalue weighted by Crippen LogP contribution is -2.36. The van der Waals surface area contributed by atoms with Gasteiger partial charge in [-0.3, -0.25) is 4.99 Å². The molecule has 0 fully saturated rings. The smallest absolute Gasteiger partial charge is 0.191 e. The van der Waals surface area contributed by atoms with Crippen LogP contribution in [0.5, 0.6) is 0 Å². The Hall–Kier alpha value is -1.46. The highest BCUT2D eigenvalue weighted by molar-refractivity contribution is 7.98. The van der Waals surface area contributed by atoms with E-state index in [1.54, 1.807) is 30.1 Å². The molecule has 5 heteroatoms. The van der Waals surface area contributed by atoms with Crippen LogP contribution in [0.25, 0.3) is 0 Å². The number of aliphatic imine (C=N–C) groups is 1. The van der Waals surface area contributed by atoms with Gasteiger partial charge in [-0.1, -0.05) is 18.2 Å². The van der Waals surface area contributed by atoms with Crippen LogP contribution >= 0.6 is 23.1 Å². The van der Waals surface area contributed by atoms with E-state index in [0.717, 1.165) is 19.0 Å². The molecule has 106 valence electrons. The van der Waals surface area contributed by atoms with Crippen LogP contribution < -0.4 is 10.6 Å². The van der Waals surface area contributed by atoms with E-state index in [2.05, 4.69) is 63.7 Å². The molecule has 0 unspecified atom stereocenters. The van der Waals surface area contributed by atoms with Crippen LogP contribution in [0.4, 0.5) is 0 Å². The first-order chi connectivity index (χ1) is 9.81. The van der Waals surface area contributed by atoms with Crippen LogP contribution in [0, 0.1) is 0 Å². The van der Waals surface area contributed by atoms with Gasteiger partial charge in [-0.05, 0) is 35.4 Å². The molecular weight excluding hydrogens is 286 g/mol. The molecule has 2 rings (SSSR count). The fourth-order valence-corrected chi connectivity index (χ4v) is 2.79. The van der Waals surface area contributed by atoms with Gasteiger partial charge < -0.3 is 10.6 Å². The fraction of sp³-hybridized carbons (Fsp3) is 0.267. The first-order valence-corrected chi connectivity index (χ1v) is 8.52. The van der Waals surface area contributed by atoms with E-state index in [1.165, 1.54) is 15.3 Å². The maximum atomic E-state index is 4.23. The van der Waals surface area contributed by atoms with Crippen LogP contribution in [0.2, 0.25) is 0 Å². The Kier molecular flexibility index (Phi) is 5.95. The quantitative estimate of drug-likeness (QED) is 0.505. The number of hydrogen-bond donors (Lipinski definition) is 2. The van der Waals surface area contributed by atoms with Crippen molar-refractivity contribution in [1.29, 1.82) is 0 Å². The number of hydrogen-bond acceptors (Lipinski definition) is 3. The zero-order valence-corrected chi connectivity index (χ0v) is 13.4. The first-order valence-electron chi connectivity index (χ1n) is 6.41. The van der Waals surface area contributed by atoms with E-state index in [1.807, 2.05) is 0 Å². The normalized spacial score (nSPS) is 11.4. The van der Waals surface area contributed by atoms with Gasteiger partial charge >= 0.3 is 0 Å². The molecule has 0 saturated carbocycles. The number of nitrogens with one attached hydrogen (secondary N) is 2. The molecule has 0 atom stereocenters. The Labute approximate surface area is 128 Å². The lowest BCUT2D eigenvalue weighted by molar-refractivity contribution is 0.815. The van der Waals surface area contributed by atoms with Crippen molar-refractivity contribution in [1.82, 2.24) is 10.6 Å². The molecule has 1 heterocycles. The topological polar surface area (TPSA) is 36.4 Å². The molecule has 0 radical (unpaired) electrons.